The van der Waals surface area contributed by atoms with Gasteiger partial charge in [-0.15, -0.1) is 0 Å². The molecule has 0 saturated carbocycles. The number of carboxylic acids is 1. The third-order valence-electron chi connectivity index (χ3n) is 14.0. The molecular weight excluding hydrogens is 720 g/mol. The molecule has 2 fully saturated rings. The lowest BCUT2D eigenvalue weighted by Gasteiger charge is -2.69. The molecule has 2 aliphatic rings. The number of esters is 1. The van der Waals surface area contributed by atoms with Crippen LogP contribution in [0.2, 0.25) is 0 Å². The monoisotopic (exact) mass is 791 g/mol. The minimum Gasteiger partial charge on any atom is -0.478 e. The summed E-state index contributed by atoms with van der Waals surface area (Å²) in [5.41, 5.74) is -3.86. The second-order valence-corrected chi connectivity index (χ2v) is 17.0. The molecule has 1 aromatic rings. The number of hydrogen-bond donors (Lipinski definition) is 3. The summed E-state index contributed by atoms with van der Waals surface area (Å²) < 4.78 is 7.08. The van der Waals surface area contributed by atoms with E-state index in [2.05, 4.69) is 55.4 Å². The number of benzene rings is 1. The van der Waals surface area contributed by atoms with Crippen LogP contribution in [0.3, 0.4) is 0 Å². The highest BCUT2D eigenvalue weighted by molar-refractivity contribution is 5.92. The normalized spacial score (nSPS) is 33.7. The number of amides is 2. The van der Waals surface area contributed by atoms with Crippen molar-refractivity contribution in [3.05, 3.63) is 35.4 Å². The number of rotatable bonds is 16. The van der Waals surface area contributed by atoms with Crippen molar-refractivity contribution in [2.45, 2.75) is 175 Å². The fourth-order valence-electron chi connectivity index (χ4n) is 9.44. The first-order valence-electron chi connectivity index (χ1n) is 20.5. The Hall–Kier alpha value is -3.14. The van der Waals surface area contributed by atoms with Crippen molar-refractivity contribution in [3.8, 4) is 0 Å². The van der Waals surface area contributed by atoms with Crippen LogP contribution in [0.5, 0.6) is 0 Å². The summed E-state index contributed by atoms with van der Waals surface area (Å²) >= 11 is 0. The molecule has 14 heteroatoms. The molecule has 0 spiro atoms. The van der Waals surface area contributed by atoms with Gasteiger partial charge in [0.15, 0.2) is 12.2 Å². The number of hydrogen-bond acceptors (Lipinski definition) is 11. The van der Waals surface area contributed by atoms with Crippen LogP contribution in [0.15, 0.2) is 24.3 Å². The van der Waals surface area contributed by atoms with Crippen molar-refractivity contribution < 1.29 is 49.1 Å². The Morgan fingerprint density at radius 1 is 0.732 bits per heavy atom. The van der Waals surface area contributed by atoms with Crippen LogP contribution < -0.4 is 0 Å². The SMILES string of the molecule is CCN(O)C(=O)C(C)ON1C(C)(CC)CC(C2(OC(=O)c3ccc(C(=O)O)cc3)CC(C)(CC)N(OC(C)C(=O)N(O)CC)C(C)(CC)C2C)C(C)C1(C)CC. The van der Waals surface area contributed by atoms with E-state index in [0.29, 0.717) is 48.7 Å². The molecule has 14 nitrogen and oxygen atoms in total. The molecule has 2 amide bonds. The van der Waals surface area contributed by atoms with E-state index in [9.17, 15) is 34.7 Å². The lowest BCUT2D eigenvalue weighted by atomic mass is 9.51. The van der Waals surface area contributed by atoms with Crippen LogP contribution >= 0.6 is 0 Å². The summed E-state index contributed by atoms with van der Waals surface area (Å²) in [5, 5.41) is 35.4. The van der Waals surface area contributed by atoms with E-state index in [4.69, 9.17) is 14.4 Å². The summed E-state index contributed by atoms with van der Waals surface area (Å²) in [6.07, 6.45) is 1.20. The highest BCUT2D eigenvalue weighted by Crippen LogP contribution is 2.61. The zero-order valence-corrected chi connectivity index (χ0v) is 36.3. The van der Waals surface area contributed by atoms with Gasteiger partial charge in [0.05, 0.1) is 16.7 Å². The predicted molar refractivity (Wildman–Crippen MR) is 211 cm³/mol. The van der Waals surface area contributed by atoms with Gasteiger partial charge in [0, 0.05) is 48.0 Å². The summed E-state index contributed by atoms with van der Waals surface area (Å²) in [5.74, 6) is -3.68. The lowest BCUT2D eigenvalue weighted by molar-refractivity contribution is -0.369. The second-order valence-electron chi connectivity index (χ2n) is 17.0. The zero-order valence-electron chi connectivity index (χ0n) is 36.3. The summed E-state index contributed by atoms with van der Waals surface area (Å²) in [7, 11) is 0. The standard InChI is InChI=1S/C42H70N4O10/c1-15-38(11)25-33(27(7)40(13,17-3)45(38)55-28(8)34(47)43(52)19-5)42(54-37(51)32-23-21-31(22-24-32)36(49)50)26-39(12,16-2)46(41(14,18-4)30(42)10)56-29(9)35(48)44(53)20-6/h21-24,27-30,33,52-53H,15-20,25-26H2,1-14H3,(H,49,50). The number of hydroxylamine groups is 8. The number of ether oxygens (including phenoxy) is 1. The van der Waals surface area contributed by atoms with E-state index in [1.54, 1.807) is 27.7 Å². The molecule has 318 valence electrons. The van der Waals surface area contributed by atoms with Crippen molar-refractivity contribution in [3.63, 3.8) is 0 Å². The first-order chi connectivity index (χ1) is 26.0. The number of likely N-dealkylation sites (N-methyl/N-ethyl adjacent to an activating group) is 2. The van der Waals surface area contributed by atoms with E-state index < -0.39 is 69.6 Å². The molecule has 1 aromatic carbocycles. The topological polar surface area (TPSA) is 170 Å². The molecular formula is C42H70N4O10. The van der Waals surface area contributed by atoms with Gasteiger partial charge in [-0.3, -0.25) is 29.7 Å². The third kappa shape index (κ3) is 8.38. The highest BCUT2D eigenvalue weighted by atomic mass is 16.7. The van der Waals surface area contributed by atoms with Crippen LogP contribution in [0.4, 0.5) is 0 Å². The zero-order chi connectivity index (χ0) is 42.8. The Bertz CT molecular complexity index is 1560. The van der Waals surface area contributed by atoms with Crippen LogP contribution in [-0.4, -0.2) is 113 Å². The smallest absolute Gasteiger partial charge is 0.338 e. The molecule has 0 bridgehead atoms. The number of piperidine rings is 2. The van der Waals surface area contributed by atoms with Gasteiger partial charge in [-0.1, -0.05) is 41.5 Å². The average Bonchev–Trinajstić information content (AvgIpc) is 3.19. The van der Waals surface area contributed by atoms with Crippen LogP contribution in [-0.2, 0) is 24.0 Å². The van der Waals surface area contributed by atoms with Crippen LogP contribution in [0.1, 0.15) is 156 Å². The van der Waals surface area contributed by atoms with Gasteiger partial charge >= 0.3 is 11.9 Å². The average molecular weight is 791 g/mol. The third-order valence-corrected chi connectivity index (χ3v) is 14.0. The molecule has 10 atom stereocenters. The lowest BCUT2D eigenvalue weighted by Crippen LogP contribution is -2.77. The predicted octanol–water partition coefficient (Wildman–Crippen LogP) is 7.37. The van der Waals surface area contributed by atoms with Gasteiger partial charge in [-0.2, -0.15) is 10.1 Å². The highest BCUT2D eigenvalue weighted by Gasteiger charge is 2.69. The Morgan fingerprint density at radius 3 is 1.55 bits per heavy atom. The largest absolute Gasteiger partial charge is 0.478 e. The first kappa shape index (κ1) is 47.2. The molecule has 0 aromatic heterocycles. The molecule has 2 aliphatic heterocycles. The maximum absolute atomic E-state index is 14.6. The Balaban J connectivity index is 2.33. The summed E-state index contributed by atoms with van der Waals surface area (Å²) in [6, 6.07) is 5.75. The van der Waals surface area contributed by atoms with E-state index >= 15 is 0 Å². The first-order valence-corrected chi connectivity index (χ1v) is 20.5. The quantitative estimate of drug-likeness (QED) is 0.0865. The van der Waals surface area contributed by atoms with E-state index in [-0.39, 0.29) is 36.1 Å². The number of carboxylic acid groups (broad SMARTS) is 1. The van der Waals surface area contributed by atoms with Gasteiger partial charge < -0.3 is 9.84 Å². The van der Waals surface area contributed by atoms with Gasteiger partial charge in [0.1, 0.15) is 5.60 Å². The summed E-state index contributed by atoms with van der Waals surface area (Å²) in [6.45, 7) is 27.7. The molecule has 3 N–H and O–H groups in total. The van der Waals surface area contributed by atoms with E-state index in [1.165, 1.54) is 24.3 Å². The van der Waals surface area contributed by atoms with Crippen molar-refractivity contribution in [2.75, 3.05) is 13.1 Å². The van der Waals surface area contributed by atoms with Gasteiger partial charge in [-0.25, -0.2) is 19.7 Å². The van der Waals surface area contributed by atoms with Crippen LogP contribution in [0.25, 0.3) is 0 Å². The van der Waals surface area contributed by atoms with Gasteiger partial charge in [0.2, 0.25) is 0 Å². The fraction of sp³-hybridized carbons (Fsp3) is 0.762. The fourth-order valence-corrected chi connectivity index (χ4v) is 9.44. The molecule has 0 aliphatic carbocycles. The van der Waals surface area contributed by atoms with Crippen molar-refractivity contribution in [1.82, 2.24) is 20.3 Å². The number of carbonyl (C=O) groups is 4. The Kier molecular flexibility index (Phi) is 15.0. The molecule has 56 heavy (non-hydrogen) atoms. The maximum atomic E-state index is 14.6. The second kappa shape index (κ2) is 17.8. The van der Waals surface area contributed by atoms with Gasteiger partial charge in [-0.05, 0) is 118 Å². The Morgan fingerprint density at radius 2 is 1.16 bits per heavy atom. The molecule has 0 radical (unpaired) electrons. The minimum absolute atomic E-state index is 0.0507. The number of aromatic carboxylic acids is 1. The molecule has 2 heterocycles. The number of nitrogens with zero attached hydrogens (tertiary/aromatic N) is 4. The summed E-state index contributed by atoms with van der Waals surface area (Å²) in [4.78, 5) is 65.9. The van der Waals surface area contributed by atoms with Crippen LogP contribution in [0, 0.1) is 17.8 Å². The number of carbonyl (C=O) groups excluding carboxylic acids is 3. The maximum Gasteiger partial charge on any atom is 0.338 e. The van der Waals surface area contributed by atoms with Gasteiger partial charge in [0.25, 0.3) is 11.8 Å². The van der Waals surface area contributed by atoms with Crippen molar-refractivity contribution >= 4 is 23.8 Å². The molecule has 3 rings (SSSR count). The van der Waals surface area contributed by atoms with Crippen molar-refractivity contribution in [2.24, 2.45) is 17.8 Å². The van der Waals surface area contributed by atoms with Crippen molar-refractivity contribution in [1.29, 1.82) is 0 Å². The van der Waals surface area contributed by atoms with E-state index in [0.717, 1.165) is 0 Å². The molecule has 2 saturated heterocycles. The molecule has 10 unspecified atom stereocenters. The Labute approximate surface area is 334 Å². The van der Waals surface area contributed by atoms with E-state index in [1.807, 2.05) is 24.0 Å². The minimum atomic E-state index is -1.15.